The Hall–Kier alpha value is -2.49. The lowest BCUT2D eigenvalue weighted by molar-refractivity contribution is 0.619. The van der Waals surface area contributed by atoms with Gasteiger partial charge in [0.2, 0.25) is 0 Å². The van der Waals surface area contributed by atoms with Crippen LogP contribution in [0.5, 0.6) is 0 Å². The smallest absolute Gasteiger partial charge is 0.0672 e. The van der Waals surface area contributed by atoms with Crippen LogP contribution in [0.2, 0.25) is 0 Å². The molecule has 4 heteroatoms. The van der Waals surface area contributed by atoms with E-state index in [1.165, 1.54) is 11.3 Å². The summed E-state index contributed by atoms with van der Waals surface area (Å²) in [5.41, 5.74) is 11.8. The maximum atomic E-state index is 6.31. The van der Waals surface area contributed by atoms with Crippen molar-refractivity contribution in [1.29, 1.82) is 0 Å². The molecule has 0 bridgehead atoms. The standard InChI is InChI=1S/C17H18N4/c1-11-6-7-12-4-2-3-5-16(12)21(11)17-9-15-13(8-14(17)18)10-19-20-15/h2-5,8-11H,6-7,18H2,1H3,(H,19,20). The van der Waals surface area contributed by atoms with Crippen LogP contribution in [0, 0.1) is 0 Å². The van der Waals surface area contributed by atoms with Crippen LogP contribution in [0.15, 0.2) is 42.6 Å². The third-order valence-electron chi connectivity index (χ3n) is 4.37. The molecule has 0 fully saturated rings. The zero-order valence-corrected chi connectivity index (χ0v) is 12.0. The molecule has 2 aromatic carbocycles. The van der Waals surface area contributed by atoms with Crippen molar-refractivity contribution >= 4 is 28.0 Å². The van der Waals surface area contributed by atoms with Gasteiger partial charge in [0.25, 0.3) is 0 Å². The second kappa shape index (κ2) is 4.52. The van der Waals surface area contributed by atoms with E-state index in [4.69, 9.17) is 5.73 Å². The van der Waals surface area contributed by atoms with Crippen molar-refractivity contribution in [2.24, 2.45) is 0 Å². The Morgan fingerprint density at radius 1 is 1.24 bits per heavy atom. The maximum absolute atomic E-state index is 6.31. The highest BCUT2D eigenvalue weighted by Crippen LogP contribution is 2.40. The number of nitrogens with two attached hydrogens (primary N) is 1. The SMILES string of the molecule is CC1CCc2ccccc2N1c1cc2[nH]ncc2cc1N. The minimum atomic E-state index is 0.433. The predicted octanol–water partition coefficient (Wildman–Crippen LogP) is 3.62. The number of aromatic nitrogens is 2. The van der Waals surface area contributed by atoms with Crippen molar-refractivity contribution in [2.75, 3.05) is 10.6 Å². The molecule has 3 N–H and O–H groups in total. The van der Waals surface area contributed by atoms with Gasteiger partial charge in [0.05, 0.1) is 23.1 Å². The number of aromatic amines is 1. The fourth-order valence-corrected chi connectivity index (χ4v) is 3.26. The van der Waals surface area contributed by atoms with Gasteiger partial charge in [-0.2, -0.15) is 5.10 Å². The lowest BCUT2D eigenvalue weighted by Crippen LogP contribution is -2.33. The first-order valence-corrected chi connectivity index (χ1v) is 7.34. The molecule has 106 valence electrons. The molecule has 0 saturated carbocycles. The Labute approximate surface area is 123 Å². The van der Waals surface area contributed by atoms with Crippen LogP contribution < -0.4 is 10.6 Å². The number of aryl methyl sites for hydroxylation is 1. The van der Waals surface area contributed by atoms with Gasteiger partial charge in [0.15, 0.2) is 0 Å². The molecule has 0 saturated heterocycles. The first kappa shape index (κ1) is 12.3. The fraction of sp³-hybridized carbons (Fsp3) is 0.235. The van der Waals surface area contributed by atoms with E-state index in [2.05, 4.69) is 52.4 Å². The van der Waals surface area contributed by atoms with Crippen LogP contribution in [0.25, 0.3) is 10.9 Å². The average Bonchev–Trinajstić information content (AvgIpc) is 2.94. The van der Waals surface area contributed by atoms with Gasteiger partial charge in [-0.1, -0.05) is 18.2 Å². The number of nitrogens with one attached hydrogen (secondary N) is 1. The highest BCUT2D eigenvalue weighted by atomic mass is 15.2. The zero-order chi connectivity index (χ0) is 14.4. The summed E-state index contributed by atoms with van der Waals surface area (Å²) in [5, 5.41) is 8.18. The van der Waals surface area contributed by atoms with Gasteiger partial charge < -0.3 is 10.6 Å². The van der Waals surface area contributed by atoms with Crippen LogP contribution >= 0.6 is 0 Å². The number of hydrogen-bond donors (Lipinski definition) is 2. The van der Waals surface area contributed by atoms with Gasteiger partial charge in [-0.15, -0.1) is 0 Å². The predicted molar refractivity (Wildman–Crippen MR) is 86.9 cm³/mol. The van der Waals surface area contributed by atoms with Crippen LogP contribution in [0.1, 0.15) is 18.9 Å². The second-order valence-electron chi connectivity index (χ2n) is 5.75. The van der Waals surface area contributed by atoms with E-state index in [0.29, 0.717) is 6.04 Å². The lowest BCUT2D eigenvalue weighted by Gasteiger charge is -2.37. The molecule has 0 amide bonds. The molecule has 1 aliphatic heterocycles. The first-order chi connectivity index (χ1) is 10.2. The number of hydrogen-bond acceptors (Lipinski definition) is 3. The summed E-state index contributed by atoms with van der Waals surface area (Å²) in [4.78, 5) is 2.36. The molecular weight excluding hydrogens is 260 g/mol. The Bertz CT molecular complexity index is 805. The number of para-hydroxylation sites is 1. The summed E-state index contributed by atoms with van der Waals surface area (Å²) in [6.07, 6.45) is 4.07. The van der Waals surface area contributed by atoms with E-state index in [1.54, 1.807) is 0 Å². The Kier molecular flexibility index (Phi) is 2.64. The van der Waals surface area contributed by atoms with Crippen LogP contribution in [-0.2, 0) is 6.42 Å². The third kappa shape index (κ3) is 1.87. The number of nitrogen functional groups attached to an aromatic ring is 1. The van der Waals surface area contributed by atoms with E-state index in [9.17, 15) is 0 Å². The van der Waals surface area contributed by atoms with Gasteiger partial charge in [0, 0.05) is 17.1 Å². The van der Waals surface area contributed by atoms with E-state index in [0.717, 1.165) is 35.1 Å². The zero-order valence-electron chi connectivity index (χ0n) is 12.0. The molecular formula is C17H18N4. The van der Waals surface area contributed by atoms with E-state index in [-0.39, 0.29) is 0 Å². The Morgan fingerprint density at radius 3 is 3.00 bits per heavy atom. The van der Waals surface area contributed by atoms with Crippen molar-refractivity contribution in [2.45, 2.75) is 25.8 Å². The number of benzene rings is 2. The van der Waals surface area contributed by atoms with Gasteiger partial charge in [0.1, 0.15) is 0 Å². The second-order valence-corrected chi connectivity index (χ2v) is 5.75. The number of H-pyrrole nitrogens is 1. The lowest BCUT2D eigenvalue weighted by atomic mass is 9.95. The molecule has 0 spiro atoms. The molecule has 1 unspecified atom stereocenters. The van der Waals surface area contributed by atoms with Crippen molar-refractivity contribution in [3.05, 3.63) is 48.2 Å². The van der Waals surface area contributed by atoms with Gasteiger partial charge >= 0.3 is 0 Å². The van der Waals surface area contributed by atoms with Gasteiger partial charge in [-0.25, -0.2) is 0 Å². The van der Waals surface area contributed by atoms with Gasteiger partial charge in [-0.3, -0.25) is 5.10 Å². The minimum absolute atomic E-state index is 0.433. The highest BCUT2D eigenvalue weighted by molar-refractivity contribution is 5.91. The Morgan fingerprint density at radius 2 is 2.10 bits per heavy atom. The van der Waals surface area contributed by atoms with Crippen molar-refractivity contribution < 1.29 is 0 Å². The summed E-state index contributed by atoms with van der Waals surface area (Å²) in [6.45, 7) is 2.26. The summed E-state index contributed by atoms with van der Waals surface area (Å²) in [5.74, 6) is 0. The topological polar surface area (TPSA) is 57.9 Å². The molecule has 3 aromatic rings. The Balaban J connectivity index is 1.92. The summed E-state index contributed by atoms with van der Waals surface area (Å²) in [7, 11) is 0. The molecule has 1 aromatic heterocycles. The van der Waals surface area contributed by atoms with Crippen molar-refractivity contribution in [1.82, 2.24) is 10.2 Å². The number of fused-ring (bicyclic) bond motifs is 2. The normalized spacial score (nSPS) is 18.0. The fourth-order valence-electron chi connectivity index (χ4n) is 3.26. The summed E-state index contributed by atoms with van der Waals surface area (Å²) >= 11 is 0. The molecule has 0 radical (unpaired) electrons. The summed E-state index contributed by atoms with van der Waals surface area (Å²) in [6, 6.07) is 13.1. The quantitative estimate of drug-likeness (QED) is 0.668. The number of nitrogens with zero attached hydrogens (tertiary/aromatic N) is 2. The molecule has 21 heavy (non-hydrogen) atoms. The minimum Gasteiger partial charge on any atom is -0.397 e. The van der Waals surface area contributed by atoms with Crippen LogP contribution in [-0.4, -0.2) is 16.2 Å². The monoisotopic (exact) mass is 278 g/mol. The number of rotatable bonds is 1. The van der Waals surface area contributed by atoms with E-state index >= 15 is 0 Å². The molecule has 2 heterocycles. The first-order valence-electron chi connectivity index (χ1n) is 7.34. The van der Waals surface area contributed by atoms with E-state index in [1.807, 2.05) is 12.3 Å². The molecule has 1 aliphatic rings. The maximum Gasteiger partial charge on any atom is 0.0672 e. The van der Waals surface area contributed by atoms with Gasteiger partial charge in [-0.05, 0) is 43.5 Å². The average molecular weight is 278 g/mol. The largest absolute Gasteiger partial charge is 0.397 e. The molecule has 0 aliphatic carbocycles. The molecule has 1 atom stereocenters. The molecule has 4 nitrogen and oxygen atoms in total. The van der Waals surface area contributed by atoms with Crippen molar-refractivity contribution in [3.63, 3.8) is 0 Å². The number of anilines is 3. The van der Waals surface area contributed by atoms with E-state index < -0.39 is 0 Å². The third-order valence-corrected chi connectivity index (χ3v) is 4.37. The van der Waals surface area contributed by atoms with Crippen LogP contribution in [0.4, 0.5) is 17.1 Å². The van der Waals surface area contributed by atoms with Crippen molar-refractivity contribution in [3.8, 4) is 0 Å². The molecule has 4 rings (SSSR count). The summed E-state index contributed by atoms with van der Waals surface area (Å²) < 4.78 is 0. The highest BCUT2D eigenvalue weighted by Gasteiger charge is 2.25. The van der Waals surface area contributed by atoms with Crippen LogP contribution in [0.3, 0.4) is 0 Å².